The molecule has 2 aromatic rings. The molecule has 0 unspecified atom stereocenters. The lowest BCUT2D eigenvalue weighted by Gasteiger charge is -2.43. The van der Waals surface area contributed by atoms with Crippen LogP contribution >= 0.6 is 0 Å². The van der Waals surface area contributed by atoms with Crippen LogP contribution in [0.25, 0.3) is 10.8 Å². The lowest BCUT2D eigenvalue weighted by molar-refractivity contribution is 0.0545. The molecule has 0 radical (unpaired) electrons. The number of carbonyl (C=O) groups is 1. The fraction of sp³-hybridized carbons (Fsp3) is 0.577. The minimum absolute atomic E-state index is 0.158. The maximum atomic E-state index is 13.6. The van der Waals surface area contributed by atoms with Gasteiger partial charge in [-0.05, 0) is 93.9 Å². The predicted molar refractivity (Wildman–Crippen MR) is 120 cm³/mol. The first kappa shape index (κ1) is 19.3. The lowest BCUT2D eigenvalue weighted by Crippen LogP contribution is -2.50. The quantitative estimate of drug-likeness (QED) is 0.707. The molecule has 0 spiro atoms. The van der Waals surface area contributed by atoms with Gasteiger partial charge in [-0.1, -0.05) is 30.3 Å². The van der Waals surface area contributed by atoms with Gasteiger partial charge in [0.1, 0.15) is 0 Å². The fourth-order valence-corrected chi connectivity index (χ4v) is 6.00. The van der Waals surface area contributed by atoms with Crippen LogP contribution in [0.3, 0.4) is 0 Å². The topological polar surface area (TPSA) is 23.6 Å². The monoisotopic (exact) mass is 390 g/mol. The maximum Gasteiger partial charge on any atom is 0.167 e. The van der Waals surface area contributed by atoms with Gasteiger partial charge in [-0.3, -0.25) is 9.69 Å². The van der Waals surface area contributed by atoms with E-state index in [4.69, 9.17) is 0 Å². The molecular weight excluding hydrogens is 356 g/mol. The molecule has 0 N–H and O–H groups in total. The summed E-state index contributed by atoms with van der Waals surface area (Å²) in [7, 11) is 0. The number of piperidine rings is 2. The third kappa shape index (κ3) is 3.53. The molecule has 29 heavy (non-hydrogen) atoms. The molecule has 1 atom stereocenters. The van der Waals surface area contributed by atoms with Crippen molar-refractivity contribution < 1.29 is 4.79 Å². The van der Waals surface area contributed by atoms with Gasteiger partial charge < -0.3 is 4.90 Å². The van der Waals surface area contributed by atoms with Crippen LogP contribution in [0.1, 0.15) is 61.0 Å². The van der Waals surface area contributed by atoms with Gasteiger partial charge in [0.15, 0.2) is 5.78 Å². The predicted octanol–water partition coefficient (Wildman–Crippen LogP) is 4.71. The Balaban J connectivity index is 1.33. The summed E-state index contributed by atoms with van der Waals surface area (Å²) < 4.78 is 0. The summed E-state index contributed by atoms with van der Waals surface area (Å²) in [5, 5.41) is 2.57. The van der Waals surface area contributed by atoms with Crippen molar-refractivity contribution in [1.82, 2.24) is 9.80 Å². The van der Waals surface area contributed by atoms with Gasteiger partial charge in [0.25, 0.3) is 0 Å². The van der Waals surface area contributed by atoms with E-state index in [1.165, 1.54) is 54.4 Å². The molecule has 2 heterocycles. The summed E-state index contributed by atoms with van der Waals surface area (Å²) in [5.74, 6) is 0.537. The van der Waals surface area contributed by atoms with Crippen LogP contribution in [-0.2, 0) is 12.8 Å². The Bertz CT molecular complexity index is 900. The molecule has 2 saturated heterocycles. The number of rotatable bonds is 4. The zero-order valence-electron chi connectivity index (χ0n) is 18.0. The van der Waals surface area contributed by atoms with Gasteiger partial charge in [0.05, 0.1) is 0 Å². The highest BCUT2D eigenvalue weighted by atomic mass is 16.1. The molecule has 3 heteroatoms. The standard InChI is InChI=1S/C26H34N2O/c1-18(2)27-15-12-22(13-16-27)28-14-4-6-21(17-28)26(29)24-11-10-20-9-8-19-5-3-7-23(24)25(19)20/h3,5,7,10-11,18,21-22H,4,6,8-9,12-17H2,1-2H3/t21-/m0/s1. The van der Waals surface area contributed by atoms with Crippen molar-refractivity contribution >= 4 is 16.6 Å². The average Bonchev–Trinajstić information content (AvgIpc) is 3.19. The van der Waals surface area contributed by atoms with Crippen LogP contribution in [0.5, 0.6) is 0 Å². The first-order valence-electron chi connectivity index (χ1n) is 11.7. The Morgan fingerprint density at radius 1 is 0.966 bits per heavy atom. The highest BCUT2D eigenvalue weighted by molar-refractivity contribution is 6.11. The van der Waals surface area contributed by atoms with E-state index in [1.807, 2.05) is 0 Å². The molecule has 154 valence electrons. The molecule has 2 aromatic carbocycles. The third-order valence-corrected chi connectivity index (χ3v) is 7.71. The third-order valence-electron chi connectivity index (χ3n) is 7.71. The van der Waals surface area contributed by atoms with Crippen molar-refractivity contribution in [1.29, 1.82) is 0 Å². The second-order valence-electron chi connectivity index (χ2n) is 9.67. The zero-order chi connectivity index (χ0) is 20.0. The molecule has 2 aliphatic heterocycles. The number of likely N-dealkylation sites (tertiary alicyclic amines) is 2. The summed E-state index contributed by atoms with van der Waals surface area (Å²) >= 11 is 0. The molecule has 0 bridgehead atoms. The summed E-state index contributed by atoms with van der Waals surface area (Å²) in [5.41, 5.74) is 3.82. The van der Waals surface area contributed by atoms with E-state index in [0.717, 1.165) is 37.8 Å². The number of carbonyl (C=O) groups excluding carboxylic acids is 1. The van der Waals surface area contributed by atoms with Crippen molar-refractivity contribution in [2.24, 2.45) is 5.92 Å². The van der Waals surface area contributed by atoms with E-state index < -0.39 is 0 Å². The number of hydrogen-bond acceptors (Lipinski definition) is 3. The van der Waals surface area contributed by atoms with Crippen LogP contribution in [-0.4, -0.2) is 53.8 Å². The van der Waals surface area contributed by atoms with Gasteiger partial charge in [0.2, 0.25) is 0 Å². The SMILES string of the molecule is CC(C)N1CCC(N2CCC[C@H](C(=O)c3ccc4c5c(cccc35)CC4)C2)CC1. The lowest BCUT2D eigenvalue weighted by atomic mass is 9.86. The molecule has 0 amide bonds. The molecule has 2 fully saturated rings. The highest BCUT2D eigenvalue weighted by Gasteiger charge is 2.33. The second-order valence-corrected chi connectivity index (χ2v) is 9.67. The largest absolute Gasteiger partial charge is 0.301 e. The number of hydrogen-bond donors (Lipinski definition) is 0. The Hall–Kier alpha value is -1.71. The van der Waals surface area contributed by atoms with E-state index >= 15 is 0 Å². The number of benzene rings is 2. The van der Waals surface area contributed by atoms with Crippen molar-refractivity contribution in [3.05, 3.63) is 47.0 Å². The first-order valence-corrected chi connectivity index (χ1v) is 11.7. The van der Waals surface area contributed by atoms with Gasteiger partial charge in [-0.2, -0.15) is 0 Å². The summed E-state index contributed by atoms with van der Waals surface area (Å²) in [6.45, 7) is 9.12. The molecule has 1 aliphatic carbocycles. The average molecular weight is 391 g/mol. The van der Waals surface area contributed by atoms with Crippen molar-refractivity contribution in [3.8, 4) is 0 Å². The van der Waals surface area contributed by atoms with Crippen LogP contribution in [0, 0.1) is 5.92 Å². The summed E-state index contributed by atoms with van der Waals surface area (Å²) in [6.07, 6.45) is 6.94. The van der Waals surface area contributed by atoms with Gasteiger partial charge in [0, 0.05) is 30.1 Å². The van der Waals surface area contributed by atoms with Gasteiger partial charge in [-0.25, -0.2) is 0 Å². The van der Waals surface area contributed by atoms with Crippen molar-refractivity contribution in [3.63, 3.8) is 0 Å². The van der Waals surface area contributed by atoms with Crippen molar-refractivity contribution in [2.75, 3.05) is 26.2 Å². The zero-order valence-corrected chi connectivity index (χ0v) is 18.0. The van der Waals surface area contributed by atoms with Gasteiger partial charge >= 0.3 is 0 Å². The maximum absolute atomic E-state index is 13.6. The molecule has 0 aromatic heterocycles. The minimum atomic E-state index is 0.158. The Labute approximate surface area is 175 Å². The normalized spacial score (nSPS) is 23.9. The van der Waals surface area contributed by atoms with Crippen LogP contribution in [0.15, 0.2) is 30.3 Å². The van der Waals surface area contributed by atoms with Crippen LogP contribution in [0.2, 0.25) is 0 Å². The molecule has 3 nitrogen and oxygen atoms in total. The Kier molecular flexibility index (Phi) is 5.21. The minimum Gasteiger partial charge on any atom is -0.301 e. The van der Waals surface area contributed by atoms with E-state index in [0.29, 0.717) is 17.9 Å². The van der Waals surface area contributed by atoms with Crippen LogP contribution < -0.4 is 0 Å². The van der Waals surface area contributed by atoms with E-state index in [9.17, 15) is 4.79 Å². The smallest absolute Gasteiger partial charge is 0.167 e. The van der Waals surface area contributed by atoms with Gasteiger partial charge in [-0.15, -0.1) is 0 Å². The number of aryl methyl sites for hydroxylation is 2. The van der Waals surface area contributed by atoms with E-state index in [2.05, 4.69) is 54.0 Å². The first-order chi connectivity index (χ1) is 14.1. The Morgan fingerprint density at radius 2 is 1.72 bits per heavy atom. The van der Waals surface area contributed by atoms with Crippen molar-refractivity contribution in [2.45, 2.75) is 64.5 Å². The summed E-state index contributed by atoms with van der Waals surface area (Å²) in [4.78, 5) is 18.8. The van der Waals surface area contributed by atoms with E-state index in [-0.39, 0.29) is 5.92 Å². The summed E-state index contributed by atoms with van der Waals surface area (Å²) in [6, 6.07) is 12.2. The van der Waals surface area contributed by atoms with Crippen LogP contribution in [0.4, 0.5) is 0 Å². The number of Topliss-reactive ketones (excluding diaryl/α,β-unsaturated/α-hetero) is 1. The molecule has 5 rings (SSSR count). The fourth-order valence-electron chi connectivity index (χ4n) is 6.00. The molecular formula is C26H34N2O. The second kappa shape index (κ2) is 7.85. The molecule has 3 aliphatic rings. The highest BCUT2D eigenvalue weighted by Crippen LogP contribution is 2.35. The molecule has 0 saturated carbocycles. The number of ketones is 1. The van der Waals surface area contributed by atoms with E-state index in [1.54, 1.807) is 0 Å². The number of nitrogens with zero attached hydrogens (tertiary/aromatic N) is 2. The Morgan fingerprint density at radius 3 is 2.48 bits per heavy atom.